The van der Waals surface area contributed by atoms with Crippen LogP contribution in [0.3, 0.4) is 0 Å². The average Bonchev–Trinajstić information content (AvgIpc) is 3.05. The molecular formula is C19H29N5O2. The predicted molar refractivity (Wildman–Crippen MR) is 103 cm³/mol. The van der Waals surface area contributed by atoms with Crippen molar-refractivity contribution < 1.29 is 9.84 Å². The fourth-order valence-electron chi connectivity index (χ4n) is 2.55. The molecule has 3 N–H and O–H groups in total. The van der Waals surface area contributed by atoms with Crippen molar-refractivity contribution in [2.45, 2.75) is 32.6 Å². The van der Waals surface area contributed by atoms with E-state index < -0.39 is 5.60 Å². The minimum atomic E-state index is -1.04. The van der Waals surface area contributed by atoms with Crippen LogP contribution in [0, 0.1) is 0 Å². The highest BCUT2D eigenvalue weighted by Gasteiger charge is 2.24. The van der Waals surface area contributed by atoms with E-state index in [-0.39, 0.29) is 0 Å². The highest BCUT2D eigenvalue weighted by Crippen LogP contribution is 2.18. The third-order valence-electron chi connectivity index (χ3n) is 3.99. The minimum absolute atomic E-state index is 0.328. The predicted octanol–water partition coefficient (Wildman–Crippen LogP) is 1.53. The van der Waals surface area contributed by atoms with Gasteiger partial charge in [0.1, 0.15) is 5.60 Å². The van der Waals surface area contributed by atoms with Gasteiger partial charge >= 0.3 is 0 Å². The van der Waals surface area contributed by atoms with Crippen LogP contribution in [0.1, 0.15) is 30.5 Å². The molecule has 7 nitrogen and oxygen atoms in total. The first-order valence-electron chi connectivity index (χ1n) is 8.75. The van der Waals surface area contributed by atoms with Crippen LogP contribution < -0.4 is 10.6 Å². The van der Waals surface area contributed by atoms with Crippen LogP contribution >= 0.6 is 0 Å². The first-order valence-corrected chi connectivity index (χ1v) is 8.75. The number of aliphatic imine (C=N–C) groups is 1. The molecule has 0 saturated heterocycles. The standard InChI is InChI=1S/C19H29N5O2/c1-5-20-18(21-10-15-7-6-8-16(9-15)13-26-4)22-14-19(2,25)17-11-23-24(3)12-17/h6-9,11-12,25H,5,10,13-14H2,1-4H3,(H2,20,21,22). The molecule has 2 rings (SSSR count). The number of hydrogen-bond acceptors (Lipinski definition) is 4. The van der Waals surface area contributed by atoms with E-state index in [0.29, 0.717) is 25.7 Å². The molecule has 1 atom stereocenters. The van der Waals surface area contributed by atoms with Gasteiger partial charge in [-0.15, -0.1) is 0 Å². The Hall–Kier alpha value is -2.38. The molecule has 0 radical (unpaired) electrons. The topological polar surface area (TPSA) is 83.7 Å². The second-order valence-electron chi connectivity index (χ2n) is 6.48. The van der Waals surface area contributed by atoms with Gasteiger partial charge in [-0.25, -0.2) is 4.99 Å². The quantitative estimate of drug-likeness (QED) is 0.492. The monoisotopic (exact) mass is 359 g/mol. The molecule has 0 spiro atoms. The lowest BCUT2D eigenvalue weighted by molar-refractivity contribution is 0.0616. The molecule has 0 bridgehead atoms. The maximum Gasteiger partial charge on any atom is 0.191 e. The molecule has 0 amide bonds. The zero-order chi connectivity index (χ0) is 19.0. The van der Waals surface area contributed by atoms with Crippen LogP contribution in [0.2, 0.25) is 0 Å². The lowest BCUT2D eigenvalue weighted by atomic mass is 10.00. The van der Waals surface area contributed by atoms with Crippen LogP contribution in [0.4, 0.5) is 0 Å². The van der Waals surface area contributed by atoms with Crippen LogP contribution in [0.5, 0.6) is 0 Å². The fourth-order valence-corrected chi connectivity index (χ4v) is 2.55. The number of benzene rings is 1. The van der Waals surface area contributed by atoms with Crippen LogP contribution in [-0.2, 0) is 30.5 Å². The lowest BCUT2D eigenvalue weighted by Crippen LogP contribution is -2.44. The van der Waals surface area contributed by atoms with E-state index in [1.165, 1.54) is 0 Å². The number of methoxy groups -OCH3 is 1. The molecule has 0 aliphatic carbocycles. The van der Waals surface area contributed by atoms with Crippen molar-refractivity contribution in [2.24, 2.45) is 12.0 Å². The third-order valence-corrected chi connectivity index (χ3v) is 3.99. The van der Waals surface area contributed by atoms with E-state index in [4.69, 9.17) is 4.74 Å². The van der Waals surface area contributed by atoms with Gasteiger partial charge in [0.2, 0.25) is 0 Å². The summed E-state index contributed by atoms with van der Waals surface area (Å²) in [6.45, 7) is 5.97. The number of nitrogens with zero attached hydrogens (tertiary/aromatic N) is 3. The van der Waals surface area contributed by atoms with Crippen molar-refractivity contribution in [1.29, 1.82) is 0 Å². The SMILES string of the molecule is CCNC(=NCc1cccc(COC)c1)NCC(C)(O)c1cnn(C)c1. The van der Waals surface area contributed by atoms with Crippen molar-refractivity contribution in [3.8, 4) is 0 Å². The fraction of sp³-hybridized carbons (Fsp3) is 0.474. The molecule has 7 heteroatoms. The summed E-state index contributed by atoms with van der Waals surface area (Å²) in [6.07, 6.45) is 3.49. The normalized spacial score (nSPS) is 14.1. The molecule has 0 aliphatic heterocycles. The molecular weight excluding hydrogens is 330 g/mol. The van der Waals surface area contributed by atoms with Gasteiger partial charge in [-0.1, -0.05) is 24.3 Å². The van der Waals surface area contributed by atoms with Gasteiger partial charge in [0.05, 0.1) is 25.9 Å². The van der Waals surface area contributed by atoms with Gasteiger partial charge in [-0.05, 0) is 25.0 Å². The van der Waals surface area contributed by atoms with Crippen LogP contribution in [-0.4, -0.2) is 41.0 Å². The van der Waals surface area contributed by atoms with E-state index in [1.54, 1.807) is 24.9 Å². The van der Waals surface area contributed by atoms with E-state index in [0.717, 1.165) is 23.2 Å². The van der Waals surface area contributed by atoms with Gasteiger partial charge in [0.25, 0.3) is 0 Å². The van der Waals surface area contributed by atoms with E-state index in [2.05, 4.69) is 26.8 Å². The Morgan fingerprint density at radius 2 is 2.12 bits per heavy atom. The largest absolute Gasteiger partial charge is 0.383 e. The first-order chi connectivity index (χ1) is 12.4. The Morgan fingerprint density at radius 1 is 1.35 bits per heavy atom. The number of aromatic nitrogens is 2. The Bertz CT molecular complexity index is 724. The van der Waals surface area contributed by atoms with Crippen molar-refractivity contribution in [1.82, 2.24) is 20.4 Å². The summed E-state index contributed by atoms with van der Waals surface area (Å²) >= 11 is 0. The number of guanidine groups is 1. The van der Waals surface area contributed by atoms with Crippen molar-refractivity contribution >= 4 is 5.96 Å². The zero-order valence-corrected chi connectivity index (χ0v) is 16.0. The molecule has 1 aromatic carbocycles. The van der Waals surface area contributed by atoms with Crippen molar-refractivity contribution in [3.05, 3.63) is 53.3 Å². The molecule has 0 aliphatic rings. The number of aliphatic hydroxyl groups is 1. The summed E-state index contributed by atoms with van der Waals surface area (Å²) in [4.78, 5) is 4.61. The highest BCUT2D eigenvalue weighted by atomic mass is 16.5. The Labute approximate surface area is 155 Å². The molecule has 1 unspecified atom stereocenters. The number of nitrogens with one attached hydrogen (secondary N) is 2. The molecule has 0 fully saturated rings. The smallest absolute Gasteiger partial charge is 0.191 e. The Morgan fingerprint density at radius 3 is 2.77 bits per heavy atom. The van der Waals surface area contributed by atoms with E-state index in [1.807, 2.05) is 38.4 Å². The van der Waals surface area contributed by atoms with Crippen molar-refractivity contribution in [2.75, 3.05) is 20.2 Å². The maximum atomic E-state index is 10.7. The van der Waals surface area contributed by atoms with Gasteiger partial charge in [-0.2, -0.15) is 5.10 Å². The van der Waals surface area contributed by atoms with Gasteiger partial charge in [0, 0.05) is 32.5 Å². The number of ether oxygens (including phenoxy) is 1. The Kier molecular flexibility index (Phi) is 7.17. The average molecular weight is 359 g/mol. The molecule has 1 heterocycles. The summed E-state index contributed by atoms with van der Waals surface area (Å²) in [7, 11) is 3.52. The summed E-state index contributed by atoms with van der Waals surface area (Å²) < 4.78 is 6.85. The summed E-state index contributed by atoms with van der Waals surface area (Å²) in [6, 6.07) is 8.17. The van der Waals surface area contributed by atoms with Crippen molar-refractivity contribution in [3.63, 3.8) is 0 Å². The highest BCUT2D eigenvalue weighted by molar-refractivity contribution is 5.79. The lowest BCUT2D eigenvalue weighted by Gasteiger charge is -2.23. The second-order valence-corrected chi connectivity index (χ2v) is 6.48. The molecule has 142 valence electrons. The molecule has 0 saturated carbocycles. The zero-order valence-electron chi connectivity index (χ0n) is 16.0. The van der Waals surface area contributed by atoms with E-state index >= 15 is 0 Å². The Balaban J connectivity index is 2.01. The van der Waals surface area contributed by atoms with Crippen LogP contribution in [0.15, 0.2) is 41.7 Å². The summed E-state index contributed by atoms with van der Waals surface area (Å²) in [5.41, 5.74) is 1.95. The van der Waals surface area contributed by atoms with Crippen LogP contribution in [0.25, 0.3) is 0 Å². The summed E-state index contributed by atoms with van der Waals surface area (Å²) in [5, 5.41) is 21.2. The minimum Gasteiger partial charge on any atom is -0.383 e. The number of hydrogen-bond donors (Lipinski definition) is 3. The molecule has 2 aromatic rings. The molecule has 26 heavy (non-hydrogen) atoms. The molecule has 1 aromatic heterocycles. The third kappa shape index (κ3) is 5.86. The van der Waals surface area contributed by atoms with Gasteiger partial charge < -0.3 is 20.5 Å². The second kappa shape index (κ2) is 9.35. The number of aryl methyl sites for hydroxylation is 1. The summed E-state index contributed by atoms with van der Waals surface area (Å²) in [5.74, 6) is 0.661. The first kappa shape index (κ1) is 19.9. The van der Waals surface area contributed by atoms with E-state index in [9.17, 15) is 5.11 Å². The number of rotatable bonds is 8. The van der Waals surface area contributed by atoms with Gasteiger partial charge in [-0.3, -0.25) is 4.68 Å². The maximum absolute atomic E-state index is 10.7. The van der Waals surface area contributed by atoms with Gasteiger partial charge in [0.15, 0.2) is 5.96 Å².